The molecule has 2 fully saturated rings. The van der Waals surface area contributed by atoms with Crippen LogP contribution in [0.3, 0.4) is 0 Å². The SMILES string of the molecule is O[C@H]1C[C@H]2CCCC[C@H]2[C@@H]1/C=C/c1ccc(-c2cccc(F)c2)cn1. The first-order valence-electron chi connectivity index (χ1n) is 9.29. The van der Waals surface area contributed by atoms with Crippen molar-refractivity contribution in [2.75, 3.05) is 0 Å². The molecule has 0 radical (unpaired) electrons. The zero-order chi connectivity index (χ0) is 17.2. The smallest absolute Gasteiger partial charge is 0.123 e. The van der Waals surface area contributed by atoms with Gasteiger partial charge < -0.3 is 5.11 Å². The number of rotatable bonds is 3. The van der Waals surface area contributed by atoms with E-state index in [9.17, 15) is 9.50 Å². The lowest BCUT2D eigenvalue weighted by molar-refractivity contribution is 0.140. The highest BCUT2D eigenvalue weighted by atomic mass is 19.1. The number of benzene rings is 1. The van der Waals surface area contributed by atoms with Gasteiger partial charge in [0.2, 0.25) is 0 Å². The second-order valence-corrected chi connectivity index (χ2v) is 7.43. The molecule has 0 amide bonds. The van der Waals surface area contributed by atoms with Crippen LogP contribution in [0.4, 0.5) is 4.39 Å². The van der Waals surface area contributed by atoms with Gasteiger partial charge in [0.05, 0.1) is 11.8 Å². The fraction of sp³-hybridized carbons (Fsp3) is 0.409. The molecule has 0 spiro atoms. The second kappa shape index (κ2) is 7.09. The number of fused-ring (bicyclic) bond motifs is 1. The summed E-state index contributed by atoms with van der Waals surface area (Å²) in [5, 5.41) is 10.4. The Balaban J connectivity index is 1.48. The van der Waals surface area contributed by atoms with Crippen molar-refractivity contribution >= 4 is 6.08 Å². The van der Waals surface area contributed by atoms with E-state index in [4.69, 9.17) is 0 Å². The van der Waals surface area contributed by atoms with Gasteiger partial charge >= 0.3 is 0 Å². The summed E-state index contributed by atoms with van der Waals surface area (Å²) < 4.78 is 13.3. The van der Waals surface area contributed by atoms with Crippen LogP contribution in [-0.2, 0) is 0 Å². The number of aliphatic hydroxyl groups excluding tert-OH is 1. The molecule has 0 bridgehead atoms. The number of nitrogens with zero attached hydrogens (tertiary/aromatic N) is 1. The molecule has 1 N–H and O–H groups in total. The molecule has 130 valence electrons. The minimum absolute atomic E-state index is 0.212. The average Bonchev–Trinajstić information content (AvgIpc) is 2.95. The summed E-state index contributed by atoms with van der Waals surface area (Å²) in [5.41, 5.74) is 2.62. The van der Waals surface area contributed by atoms with Gasteiger partial charge in [0.15, 0.2) is 0 Å². The van der Waals surface area contributed by atoms with E-state index in [0.717, 1.165) is 23.2 Å². The quantitative estimate of drug-likeness (QED) is 0.846. The minimum Gasteiger partial charge on any atom is -0.392 e. The lowest BCUT2D eigenvalue weighted by Gasteiger charge is -2.27. The van der Waals surface area contributed by atoms with Gasteiger partial charge in [0.1, 0.15) is 5.82 Å². The van der Waals surface area contributed by atoms with E-state index in [-0.39, 0.29) is 17.8 Å². The fourth-order valence-corrected chi connectivity index (χ4v) is 4.61. The summed E-state index contributed by atoms with van der Waals surface area (Å²) in [6, 6.07) is 10.5. The zero-order valence-corrected chi connectivity index (χ0v) is 14.3. The molecule has 3 heteroatoms. The molecule has 2 aromatic rings. The number of aliphatic hydroxyl groups is 1. The van der Waals surface area contributed by atoms with Crippen LogP contribution >= 0.6 is 0 Å². The van der Waals surface area contributed by atoms with E-state index < -0.39 is 0 Å². The highest BCUT2D eigenvalue weighted by Gasteiger charge is 2.41. The van der Waals surface area contributed by atoms with E-state index in [1.54, 1.807) is 12.3 Å². The normalized spacial score (nSPS) is 29.0. The maximum Gasteiger partial charge on any atom is 0.123 e. The zero-order valence-electron chi connectivity index (χ0n) is 14.3. The standard InChI is InChI=1S/C22H24FNO/c23-18-6-3-5-15(12-18)17-8-9-19(24-14-17)10-11-21-20-7-2-1-4-16(20)13-22(21)25/h3,5-6,8-12,14,16,20-22,25H,1-2,4,7,13H2/b11-10+/t16-,20-,21+,22+/m1/s1. The molecule has 2 saturated carbocycles. The predicted molar refractivity (Wildman–Crippen MR) is 98.2 cm³/mol. The van der Waals surface area contributed by atoms with Crippen molar-refractivity contribution in [1.82, 2.24) is 4.98 Å². The molecule has 0 saturated heterocycles. The molecule has 2 aliphatic rings. The first-order chi connectivity index (χ1) is 12.2. The lowest BCUT2D eigenvalue weighted by atomic mass is 9.78. The van der Waals surface area contributed by atoms with Crippen LogP contribution in [0.25, 0.3) is 17.2 Å². The van der Waals surface area contributed by atoms with E-state index in [0.29, 0.717) is 11.8 Å². The first-order valence-corrected chi connectivity index (χ1v) is 9.29. The molecule has 2 nitrogen and oxygen atoms in total. The van der Waals surface area contributed by atoms with Crippen LogP contribution in [0, 0.1) is 23.6 Å². The lowest BCUT2D eigenvalue weighted by Crippen LogP contribution is -2.20. The second-order valence-electron chi connectivity index (χ2n) is 7.43. The fourth-order valence-electron chi connectivity index (χ4n) is 4.61. The summed E-state index contributed by atoms with van der Waals surface area (Å²) >= 11 is 0. The third kappa shape index (κ3) is 3.52. The van der Waals surface area contributed by atoms with Gasteiger partial charge in [-0.1, -0.05) is 43.5 Å². The first kappa shape index (κ1) is 16.5. The molecule has 4 atom stereocenters. The molecular formula is C22H24FNO. The van der Waals surface area contributed by atoms with E-state index in [1.807, 2.05) is 24.3 Å². The monoisotopic (exact) mass is 337 g/mol. The molecule has 1 aromatic carbocycles. The van der Waals surface area contributed by atoms with Crippen molar-refractivity contribution < 1.29 is 9.50 Å². The molecule has 1 aromatic heterocycles. The Bertz CT molecular complexity index is 755. The van der Waals surface area contributed by atoms with Crippen molar-refractivity contribution in [2.45, 2.75) is 38.2 Å². The number of pyridine rings is 1. The summed E-state index contributed by atoms with van der Waals surface area (Å²) in [6.07, 6.45) is 11.8. The predicted octanol–water partition coefficient (Wildman–Crippen LogP) is 5.09. The van der Waals surface area contributed by atoms with Crippen LogP contribution < -0.4 is 0 Å². The number of hydrogen-bond donors (Lipinski definition) is 1. The summed E-state index contributed by atoms with van der Waals surface area (Å²) in [6.45, 7) is 0. The summed E-state index contributed by atoms with van der Waals surface area (Å²) in [5.74, 6) is 1.35. The van der Waals surface area contributed by atoms with Crippen LogP contribution in [0.5, 0.6) is 0 Å². The molecule has 4 rings (SSSR count). The van der Waals surface area contributed by atoms with Gasteiger partial charge in [-0.25, -0.2) is 4.39 Å². The van der Waals surface area contributed by atoms with Crippen molar-refractivity contribution in [1.29, 1.82) is 0 Å². The Labute approximate surface area is 148 Å². The Hall–Kier alpha value is -2.00. The van der Waals surface area contributed by atoms with E-state index in [2.05, 4.69) is 11.1 Å². The number of aromatic nitrogens is 1. The summed E-state index contributed by atoms with van der Waals surface area (Å²) in [4.78, 5) is 4.48. The summed E-state index contributed by atoms with van der Waals surface area (Å²) in [7, 11) is 0. The van der Waals surface area contributed by atoms with Crippen LogP contribution in [0.15, 0.2) is 48.7 Å². The average molecular weight is 337 g/mol. The highest BCUT2D eigenvalue weighted by molar-refractivity contribution is 5.63. The van der Waals surface area contributed by atoms with E-state index >= 15 is 0 Å². The van der Waals surface area contributed by atoms with Gasteiger partial charge in [-0.3, -0.25) is 4.98 Å². The van der Waals surface area contributed by atoms with Gasteiger partial charge in [0, 0.05) is 17.7 Å². The largest absolute Gasteiger partial charge is 0.392 e. The molecule has 0 aliphatic heterocycles. The van der Waals surface area contributed by atoms with Crippen LogP contribution in [0.2, 0.25) is 0 Å². The van der Waals surface area contributed by atoms with Crippen molar-refractivity contribution in [3.8, 4) is 11.1 Å². The van der Waals surface area contributed by atoms with Crippen LogP contribution in [0.1, 0.15) is 37.8 Å². The molecule has 0 unspecified atom stereocenters. The molecular weight excluding hydrogens is 313 g/mol. The molecule has 1 heterocycles. The molecule has 2 aliphatic carbocycles. The van der Waals surface area contributed by atoms with Gasteiger partial charge in [0.25, 0.3) is 0 Å². The highest BCUT2D eigenvalue weighted by Crippen LogP contribution is 2.46. The topological polar surface area (TPSA) is 33.1 Å². The Morgan fingerprint density at radius 1 is 1.08 bits per heavy atom. The van der Waals surface area contributed by atoms with Gasteiger partial charge in [-0.2, -0.15) is 0 Å². The Morgan fingerprint density at radius 2 is 1.96 bits per heavy atom. The third-order valence-corrected chi connectivity index (χ3v) is 5.88. The van der Waals surface area contributed by atoms with Crippen LogP contribution in [-0.4, -0.2) is 16.2 Å². The van der Waals surface area contributed by atoms with Gasteiger partial charge in [-0.15, -0.1) is 0 Å². The maximum absolute atomic E-state index is 13.3. The Kier molecular flexibility index (Phi) is 4.67. The molecule has 25 heavy (non-hydrogen) atoms. The Morgan fingerprint density at radius 3 is 2.76 bits per heavy atom. The van der Waals surface area contributed by atoms with Crippen molar-refractivity contribution in [3.05, 3.63) is 60.2 Å². The third-order valence-electron chi connectivity index (χ3n) is 5.88. The van der Waals surface area contributed by atoms with E-state index in [1.165, 1.54) is 37.8 Å². The minimum atomic E-state index is -0.237. The number of hydrogen-bond acceptors (Lipinski definition) is 2. The van der Waals surface area contributed by atoms with Crippen molar-refractivity contribution in [3.63, 3.8) is 0 Å². The number of halogens is 1. The van der Waals surface area contributed by atoms with Gasteiger partial charge in [-0.05, 0) is 54.5 Å². The maximum atomic E-state index is 13.3. The van der Waals surface area contributed by atoms with Crippen molar-refractivity contribution in [2.24, 2.45) is 17.8 Å².